The number of thioether (sulfide) groups is 1. The number of aliphatic imine (C=N–C) groups is 1. The van der Waals surface area contributed by atoms with Crippen LogP contribution in [-0.4, -0.2) is 32.2 Å². The summed E-state index contributed by atoms with van der Waals surface area (Å²) in [6, 6.07) is 20.3. The number of carbonyl (C=O) groups is 1. The smallest absolute Gasteiger partial charge is 0.295 e. The van der Waals surface area contributed by atoms with Gasteiger partial charge in [-0.1, -0.05) is 59.2 Å². The van der Waals surface area contributed by atoms with Gasteiger partial charge in [0.15, 0.2) is 4.34 Å². The molecule has 0 fully saturated rings. The van der Waals surface area contributed by atoms with Gasteiger partial charge in [0.05, 0.1) is 38.1 Å². The number of hydrogen-bond acceptors (Lipinski definition) is 6. The van der Waals surface area contributed by atoms with Gasteiger partial charge in [-0.2, -0.15) is 0 Å². The largest absolute Gasteiger partial charge is 0.319 e. The number of aromatic nitrogens is 3. The normalized spacial score (nSPS) is 11.5. The van der Waals surface area contributed by atoms with Crippen molar-refractivity contribution in [3.8, 4) is 5.69 Å². The van der Waals surface area contributed by atoms with Crippen LogP contribution in [0.25, 0.3) is 15.9 Å². The van der Waals surface area contributed by atoms with Crippen LogP contribution >= 0.6 is 46.3 Å². The highest BCUT2D eigenvalue weighted by atomic mass is 35.5. The number of para-hydroxylation sites is 1. The number of benzene rings is 3. The summed E-state index contributed by atoms with van der Waals surface area (Å²) < 4.78 is 4.97. The first-order chi connectivity index (χ1) is 18.3. The van der Waals surface area contributed by atoms with Crippen LogP contribution in [0.5, 0.6) is 0 Å². The van der Waals surface area contributed by atoms with E-state index in [0.29, 0.717) is 15.7 Å². The topological polar surface area (TPSA) is 81.3 Å². The first kappa shape index (κ1) is 26.2. The van der Waals surface area contributed by atoms with Gasteiger partial charge in [0.1, 0.15) is 5.69 Å². The van der Waals surface area contributed by atoms with E-state index in [4.69, 9.17) is 23.2 Å². The number of fused-ring (bicyclic) bond motifs is 1. The fourth-order valence-corrected chi connectivity index (χ4v) is 6.16. The second-order valence-electron chi connectivity index (χ2n) is 8.33. The molecule has 11 heteroatoms. The lowest BCUT2D eigenvalue weighted by molar-refractivity contribution is -0.113. The third-order valence-electron chi connectivity index (χ3n) is 5.81. The van der Waals surface area contributed by atoms with Gasteiger partial charge in [-0.25, -0.2) is 9.67 Å². The van der Waals surface area contributed by atoms with Gasteiger partial charge in [-0.15, -0.1) is 11.3 Å². The number of rotatable bonds is 7. The second kappa shape index (κ2) is 11.2. The molecule has 1 N–H and O–H groups in total. The minimum absolute atomic E-state index is 0.124. The van der Waals surface area contributed by atoms with Gasteiger partial charge in [0.2, 0.25) is 5.91 Å². The van der Waals surface area contributed by atoms with Crippen molar-refractivity contribution in [2.24, 2.45) is 12.0 Å². The highest BCUT2D eigenvalue weighted by Gasteiger charge is 2.18. The van der Waals surface area contributed by atoms with Gasteiger partial charge >= 0.3 is 0 Å². The predicted octanol–water partition coefficient (Wildman–Crippen LogP) is 6.88. The van der Waals surface area contributed by atoms with E-state index in [1.54, 1.807) is 37.0 Å². The van der Waals surface area contributed by atoms with Crippen LogP contribution in [0.15, 0.2) is 80.9 Å². The van der Waals surface area contributed by atoms with E-state index in [0.717, 1.165) is 31.5 Å². The zero-order valence-electron chi connectivity index (χ0n) is 20.3. The number of thiazole rings is 1. The lowest BCUT2D eigenvalue weighted by Gasteiger charge is -2.07. The van der Waals surface area contributed by atoms with E-state index in [1.165, 1.54) is 27.8 Å². The summed E-state index contributed by atoms with van der Waals surface area (Å²) in [6.45, 7) is 1.80. The van der Waals surface area contributed by atoms with Crippen molar-refractivity contribution in [3.63, 3.8) is 0 Å². The highest BCUT2D eigenvalue weighted by molar-refractivity contribution is 8.01. The Morgan fingerprint density at radius 2 is 1.92 bits per heavy atom. The van der Waals surface area contributed by atoms with Crippen LogP contribution in [0.1, 0.15) is 11.3 Å². The molecule has 0 bridgehead atoms. The molecule has 38 heavy (non-hydrogen) atoms. The van der Waals surface area contributed by atoms with E-state index in [-0.39, 0.29) is 22.9 Å². The summed E-state index contributed by atoms with van der Waals surface area (Å²) in [6.07, 6.45) is 1.69. The minimum Gasteiger partial charge on any atom is -0.319 e. The van der Waals surface area contributed by atoms with E-state index < -0.39 is 0 Å². The van der Waals surface area contributed by atoms with Crippen LogP contribution in [0.4, 0.5) is 11.4 Å². The Morgan fingerprint density at radius 3 is 2.68 bits per heavy atom. The van der Waals surface area contributed by atoms with Gasteiger partial charge < -0.3 is 5.32 Å². The molecule has 2 heterocycles. The number of anilines is 1. The van der Waals surface area contributed by atoms with Crippen molar-refractivity contribution in [1.82, 2.24) is 14.3 Å². The molecule has 5 rings (SSSR count). The average molecular weight is 583 g/mol. The SMILES string of the molecule is Cc1c(NC(=O)CSc2nc3ccc(N=Cc4ccc(Cl)cc4Cl)cc3s2)c(=O)n(-c2ccccc2)n1C. The number of amides is 1. The van der Waals surface area contributed by atoms with Gasteiger partial charge in [-0.3, -0.25) is 19.3 Å². The maximum absolute atomic E-state index is 13.0. The molecule has 0 aliphatic rings. The Labute approximate surface area is 236 Å². The lowest BCUT2D eigenvalue weighted by Crippen LogP contribution is -2.23. The highest BCUT2D eigenvalue weighted by Crippen LogP contribution is 2.32. The van der Waals surface area contributed by atoms with Gasteiger partial charge in [-0.05, 0) is 49.4 Å². The van der Waals surface area contributed by atoms with Gasteiger partial charge in [0.25, 0.3) is 5.56 Å². The lowest BCUT2D eigenvalue weighted by atomic mass is 10.2. The average Bonchev–Trinajstić information content (AvgIpc) is 3.41. The summed E-state index contributed by atoms with van der Waals surface area (Å²) in [5, 5.41) is 3.89. The number of halogens is 2. The van der Waals surface area contributed by atoms with Gasteiger partial charge in [0, 0.05) is 23.8 Å². The van der Waals surface area contributed by atoms with Crippen molar-refractivity contribution in [2.75, 3.05) is 11.1 Å². The standard InChI is InChI=1S/C27H21Cl2N5O2S2/c1-16-25(26(36)34(33(16)2)20-6-4-3-5-7-20)32-24(35)15-37-27-31-22-11-10-19(13-23(22)38-27)30-14-17-8-9-18(28)12-21(17)29/h3-14H,15H2,1-2H3,(H,32,35). The fourth-order valence-electron chi connectivity index (χ4n) is 3.80. The number of nitrogens with one attached hydrogen (secondary N) is 1. The summed E-state index contributed by atoms with van der Waals surface area (Å²) >= 11 is 15.0. The van der Waals surface area contributed by atoms with Crippen molar-refractivity contribution >= 4 is 80.0 Å². The van der Waals surface area contributed by atoms with Crippen LogP contribution in [0.3, 0.4) is 0 Å². The van der Waals surface area contributed by atoms with Crippen molar-refractivity contribution in [1.29, 1.82) is 0 Å². The molecular weight excluding hydrogens is 561 g/mol. The summed E-state index contributed by atoms with van der Waals surface area (Å²) in [4.78, 5) is 34.9. The van der Waals surface area contributed by atoms with Crippen molar-refractivity contribution < 1.29 is 4.79 Å². The van der Waals surface area contributed by atoms with E-state index >= 15 is 0 Å². The first-order valence-corrected chi connectivity index (χ1v) is 14.0. The molecule has 0 saturated carbocycles. The molecule has 0 aliphatic carbocycles. The zero-order valence-corrected chi connectivity index (χ0v) is 23.5. The zero-order chi connectivity index (χ0) is 26.8. The van der Waals surface area contributed by atoms with Crippen molar-refractivity contribution in [2.45, 2.75) is 11.3 Å². The first-order valence-electron chi connectivity index (χ1n) is 11.5. The summed E-state index contributed by atoms with van der Waals surface area (Å²) in [5.41, 5.74) is 3.75. The number of hydrogen-bond donors (Lipinski definition) is 1. The molecule has 7 nitrogen and oxygen atoms in total. The molecule has 0 spiro atoms. The molecule has 0 saturated heterocycles. The maximum Gasteiger partial charge on any atom is 0.295 e. The minimum atomic E-state index is -0.275. The third-order valence-corrected chi connectivity index (χ3v) is 8.54. The molecule has 0 unspecified atom stereocenters. The van der Waals surface area contributed by atoms with Crippen LogP contribution < -0.4 is 10.9 Å². The molecule has 0 atom stereocenters. The molecule has 2 aromatic heterocycles. The van der Waals surface area contributed by atoms with E-state index in [9.17, 15) is 9.59 Å². The number of carbonyl (C=O) groups excluding carboxylic acids is 1. The Kier molecular flexibility index (Phi) is 7.71. The number of nitrogens with zero attached hydrogens (tertiary/aromatic N) is 4. The van der Waals surface area contributed by atoms with Crippen LogP contribution in [-0.2, 0) is 11.8 Å². The van der Waals surface area contributed by atoms with E-state index in [1.807, 2.05) is 54.6 Å². The Morgan fingerprint density at radius 1 is 1.13 bits per heavy atom. The van der Waals surface area contributed by atoms with Crippen LogP contribution in [0, 0.1) is 6.92 Å². The Hall–Kier alpha value is -3.37. The summed E-state index contributed by atoms with van der Waals surface area (Å²) in [7, 11) is 1.79. The monoisotopic (exact) mass is 581 g/mol. The fraction of sp³-hybridized carbons (Fsp3) is 0.111. The molecule has 192 valence electrons. The Balaban J connectivity index is 1.26. The quantitative estimate of drug-likeness (QED) is 0.168. The molecular formula is C27H21Cl2N5O2S2. The maximum atomic E-state index is 13.0. The summed E-state index contributed by atoms with van der Waals surface area (Å²) in [5.74, 6) is -0.149. The third kappa shape index (κ3) is 5.56. The van der Waals surface area contributed by atoms with E-state index in [2.05, 4.69) is 15.3 Å². The molecule has 0 radical (unpaired) electrons. The van der Waals surface area contributed by atoms with Crippen LogP contribution in [0.2, 0.25) is 10.0 Å². The molecule has 3 aromatic carbocycles. The van der Waals surface area contributed by atoms with Crippen molar-refractivity contribution in [3.05, 3.63) is 98.4 Å². The molecule has 0 aliphatic heterocycles. The Bertz CT molecular complexity index is 1740. The molecule has 5 aromatic rings. The molecule has 1 amide bonds. The predicted molar refractivity (Wildman–Crippen MR) is 158 cm³/mol. The second-order valence-corrected chi connectivity index (χ2v) is 11.4.